The van der Waals surface area contributed by atoms with Crippen molar-refractivity contribution in [1.29, 1.82) is 0 Å². The molecule has 3 aromatic rings. The van der Waals surface area contributed by atoms with E-state index in [1.807, 2.05) is 18.2 Å². The Balaban J connectivity index is 1.40. The van der Waals surface area contributed by atoms with Crippen LogP contribution in [-0.4, -0.2) is 58.5 Å². The van der Waals surface area contributed by atoms with E-state index in [9.17, 15) is 0 Å². The molecule has 8 nitrogen and oxygen atoms in total. The summed E-state index contributed by atoms with van der Waals surface area (Å²) in [5.41, 5.74) is 2.48. The van der Waals surface area contributed by atoms with Crippen molar-refractivity contribution in [3.8, 4) is 11.5 Å². The van der Waals surface area contributed by atoms with Crippen molar-refractivity contribution in [1.82, 2.24) is 25.2 Å². The first-order valence-corrected chi connectivity index (χ1v) is 11.2. The van der Waals surface area contributed by atoms with Crippen LogP contribution >= 0.6 is 23.2 Å². The lowest BCUT2D eigenvalue weighted by molar-refractivity contribution is 0.227. The zero-order valence-electron chi connectivity index (χ0n) is 17.2. The molecule has 31 heavy (non-hydrogen) atoms. The number of nitrogens with zero attached hydrogens (tertiary/aromatic N) is 6. The molecular weight excluding hydrogens is 437 g/mol. The maximum absolute atomic E-state index is 6.39. The van der Waals surface area contributed by atoms with E-state index >= 15 is 0 Å². The molecule has 0 aliphatic carbocycles. The normalized spacial score (nSPS) is 17.5. The fraction of sp³-hybridized carbons (Fsp3) is 0.429. The number of nitrogens with one attached hydrogen (secondary N) is 1. The van der Waals surface area contributed by atoms with Gasteiger partial charge in [-0.15, -0.1) is 10.2 Å². The van der Waals surface area contributed by atoms with Gasteiger partial charge >= 0.3 is 0 Å². The fourth-order valence-corrected chi connectivity index (χ4v) is 4.45. The molecule has 1 fully saturated rings. The standard InChI is InChI=1S/C21H23Cl2N7O/c1-29-7-4-13(5-8-29)21-25-19(28-31-21)17-11-18-20(27-26-17)24-6-9-30(18)12-14-10-15(22)2-3-16(14)23/h2-3,10-11,13H,4-9,12H2,1H3,(H,24,27). The van der Waals surface area contributed by atoms with Gasteiger partial charge in [-0.25, -0.2) is 0 Å². The summed E-state index contributed by atoms with van der Waals surface area (Å²) in [5, 5.41) is 17.5. The lowest BCUT2D eigenvalue weighted by atomic mass is 9.97. The lowest BCUT2D eigenvalue weighted by Gasteiger charge is -2.31. The molecule has 0 radical (unpaired) electrons. The summed E-state index contributed by atoms with van der Waals surface area (Å²) < 4.78 is 5.58. The molecule has 0 amide bonds. The van der Waals surface area contributed by atoms with Crippen molar-refractivity contribution >= 4 is 34.7 Å². The topological polar surface area (TPSA) is 83.2 Å². The summed E-state index contributed by atoms with van der Waals surface area (Å²) in [6.45, 7) is 4.25. The highest BCUT2D eigenvalue weighted by molar-refractivity contribution is 6.33. The minimum atomic E-state index is 0.297. The summed E-state index contributed by atoms with van der Waals surface area (Å²) in [6.07, 6.45) is 2.04. The van der Waals surface area contributed by atoms with Crippen LogP contribution in [0, 0.1) is 0 Å². The molecule has 162 valence electrons. The number of rotatable bonds is 4. The minimum absolute atomic E-state index is 0.297. The predicted octanol–water partition coefficient (Wildman–Crippen LogP) is 4.07. The molecule has 4 heterocycles. The number of aromatic nitrogens is 4. The van der Waals surface area contributed by atoms with Crippen LogP contribution in [0.2, 0.25) is 10.0 Å². The maximum atomic E-state index is 6.39. The fourth-order valence-electron chi connectivity index (χ4n) is 4.08. The van der Waals surface area contributed by atoms with E-state index in [1.54, 1.807) is 6.07 Å². The molecule has 1 saturated heterocycles. The third-order valence-electron chi connectivity index (χ3n) is 5.90. The van der Waals surface area contributed by atoms with Gasteiger partial charge in [0.1, 0.15) is 5.69 Å². The van der Waals surface area contributed by atoms with Gasteiger partial charge in [-0.05, 0) is 62.8 Å². The Labute approximate surface area is 190 Å². The smallest absolute Gasteiger partial charge is 0.230 e. The number of benzene rings is 1. The number of hydrogen-bond donors (Lipinski definition) is 1. The quantitative estimate of drug-likeness (QED) is 0.624. The summed E-state index contributed by atoms with van der Waals surface area (Å²) in [4.78, 5) is 9.16. The van der Waals surface area contributed by atoms with Crippen LogP contribution in [0.15, 0.2) is 28.8 Å². The van der Waals surface area contributed by atoms with Crippen LogP contribution in [0.25, 0.3) is 11.5 Å². The van der Waals surface area contributed by atoms with Gasteiger partial charge in [0.25, 0.3) is 0 Å². The Hall–Kier alpha value is -2.42. The highest BCUT2D eigenvalue weighted by Crippen LogP contribution is 2.33. The Morgan fingerprint density at radius 2 is 1.97 bits per heavy atom. The van der Waals surface area contributed by atoms with E-state index in [0.717, 1.165) is 56.1 Å². The van der Waals surface area contributed by atoms with Crippen LogP contribution in [0.5, 0.6) is 0 Å². The van der Waals surface area contributed by atoms with Gasteiger partial charge in [0.2, 0.25) is 11.7 Å². The first kappa shape index (κ1) is 20.5. The molecule has 2 aliphatic heterocycles. The summed E-state index contributed by atoms with van der Waals surface area (Å²) in [5.74, 6) is 2.18. The highest BCUT2D eigenvalue weighted by atomic mass is 35.5. The molecule has 10 heteroatoms. The van der Waals surface area contributed by atoms with E-state index < -0.39 is 0 Å². The number of anilines is 2. The molecule has 0 saturated carbocycles. The molecule has 2 aromatic heterocycles. The maximum Gasteiger partial charge on any atom is 0.230 e. The summed E-state index contributed by atoms with van der Waals surface area (Å²) in [7, 11) is 2.13. The molecule has 0 unspecified atom stereocenters. The van der Waals surface area contributed by atoms with Gasteiger partial charge < -0.3 is 19.6 Å². The van der Waals surface area contributed by atoms with Gasteiger partial charge in [-0.2, -0.15) is 4.98 Å². The summed E-state index contributed by atoms with van der Waals surface area (Å²) in [6, 6.07) is 7.47. The number of likely N-dealkylation sites (tertiary alicyclic amines) is 1. The van der Waals surface area contributed by atoms with Crippen LogP contribution in [0.3, 0.4) is 0 Å². The molecule has 0 atom stereocenters. The monoisotopic (exact) mass is 459 g/mol. The molecule has 0 bridgehead atoms. The Bertz CT molecular complexity index is 1080. The van der Waals surface area contributed by atoms with Crippen molar-refractivity contribution in [2.75, 3.05) is 43.4 Å². The van der Waals surface area contributed by atoms with Gasteiger partial charge in [0, 0.05) is 35.6 Å². The second kappa shape index (κ2) is 8.61. The van der Waals surface area contributed by atoms with E-state index in [4.69, 9.17) is 27.7 Å². The Morgan fingerprint density at radius 3 is 2.81 bits per heavy atom. The number of piperidine rings is 1. The summed E-state index contributed by atoms with van der Waals surface area (Å²) >= 11 is 12.6. The second-order valence-corrected chi connectivity index (χ2v) is 8.92. The van der Waals surface area contributed by atoms with Gasteiger partial charge in [0.15, 0.2) is 5.82 Å². The molecular formula is C21H23Cl2N7O. The average molecular weight is 460 g/mol. The first-order chi connectivity index (χ1) is 15.1. The van der Waals surface area contributed by atoms with Crippen LogP contribution in [-0.2, 0) is 6.54 Å². The zero-order chi connectivity index (χ0) is 21.4. The second-order valence-electron chi connectivity index (χ2n) is 8.08. The number of halogens is 2. The highest BCUT2D eigenvalue weighted by Gasteiger charge is 2.26. The van der Waals surface area contributed by atoms with E-state index in [0.29, 0.717) is 39.9 Å². The average Bonchev–Trinajstić information content (AvgIpc) is 3.27. The van der Waals surface area contributed by atoms with Crippen molar-refractivity contribution in [3.63, 3.8) is 0 Å². The van der Waals surface area contributed by atoms with E-state index in [2.05, 4.69) is 42.5 Å². The largest absolute Gasteiger partial charge is 0.365 e. The van der Waals surface area contributed by atoms with Gasteiger partial charge in [-0.1, -0.05) is 28.4 Å². The lowest BCUT2D eigenvalue weighted by Crippen LogP contribution is -2.34. The Morgan fingerprint density at radius 1 is 1.13 bits per heavy atom. The van der Waals surface area contributed by atoms with Crippen molar-refractivity contribution in [3.05, 3.63) is 45.8 Å². The van der Waals surface area contributed by atoms with Crippen molar-refractivity contribution < 1.29 is 4.52 Å². The molecule has 1 aromatic carbocycles. The Kier molecular flexibility index (Phi) is 5.69. The van der Waals surface area contributed by atoms with Crippen molar-refractivity contribution in [2.45, 2.75) is 25.3 Å². The predicted molar refractivity (Wildman–Crippen MR) is 121 cm³/mol. The number of hydrogen-bond acceptors (Lipinski definition) is 8. The third-order valence-corrected chi connectivity index (χ3v) is 6.50. The zero-order valence-corrected chi connectivity index (χ0v) is 18.7. The number of fused-ring (bicyclic) bond motifs is 1. The van der Waals surface area contributed by atoms with Gasteiger partial charge in [0.05, 0.1) is 5.69 Å². The van der Waals surface area contributed by atoms with E-state index in [-0.39, 0.29) is 0 Å². The third kappa shape index (κ3) is 4.33. The van der Waals surface area contributed by atoms with Crippen molar-refractivity contribution in [2.24, 2.45) is 0 Å². The first-order valence-electron chi connectivity index (χ1n) is 10.4. The van der Waals surface area contributed by atoms with Crippen LogP contribution in [0.1, 0.15) is 30.2 Å². The van der Waals surface area contributed by atoms with Gasteiger partial charge in [-0.3, -0.25) is 0 Å². The minimum Gasteiger partial charge on any atom is -0.365 e. The molecule has 2 aliphatic rings. The van der Waals surface area contributed by atoms with Crippen LogP contribution in [0.4, 0.5) is 11.5 Å². The molecule has 1 N–H and O–H groups in total. The molecule has 5 rings (SSSR count). The SMILES string of the molecule is CN1CCC(c2nc(-c3cc4c(nn3)NCCN4Cc3cc(Cl)ccc3Cl)no2)CC1. The van der Waals surface area contributed by atoms with Crippen LogP contribution < -0.4 is 10.2 Å². The molecule has 0 spiro atoms. The van der Waals surface area contributed by atoms with E-state index in [1.165, 1.54) is 0 Å².